The van der Waals surface area contributed by atoms with Crippen molar-refractivity contribution in [2.75, 3.05) is 0 Å². The van der Waals surface area contributed by atoms with Gasteiger partial charge >= 0.3 is 0 Å². The van der Waals surface area contributed by atoms with Crippen LogP contribution in [0.15, 0.2) is 89.3 Å². The van der Waals surface area contributed by atoms with Crippen molar-refractivity contribution in [2.24, 2.45) is 0 Å². The minimum Gasteiger partial charge on any atom is -0.488 e. The van der Waals surface area contributed by atoms with Crippen LogP contribution >= 0.6 is 0 Å². The van der Waals surface area contributed by atoms with Crippen molar-refractivity contribution in [3.05, 3.63) is 96.1 Å². The number of rotatable bonds is 4. The second kappa shape index (κ2) is 7.59. The van der Waals surface area contributed by atoms with E-state index in [2.05, 4.69) is 69.3 Å². The van der Waals surface area contributed by atoms with Crippen molar-refractivity contribution < 1.29 is 9.15 Å². The molecule has 0 bridgehead atoms. The maximum atomic E-state index is 6.26. The van der Waals surface area contributed by atoms with E-state index in [9.17, 15) is 0 Å². The molecule has 154 valence electrons. The molecule has 5 rings (SSSR count). The molecule has 1 heterocycles. The number of hydrogen-bond acceptors (Lipinski definition) is 3. The standard InChI is InChI=1S/C28H25NO2/c1-28(2,3)22-13-14-25-24(17-22)29-27(31-25)23-15-20-11-7-8-12-21(20)16-26(23)30-18-19-9-5-4-6-10-19/h4-17H,18H2,1-3H3. The molecule has 0 fully saturated rings. The third-order valence-electron chi connectivity index (χ3n) is 5.57. The van der Waals surface area contributed by atoms with Crippen molar-refractivity contribution in [3.8, 4) is 17.2 Å². The predicted molar refractivity (Wildman–Crippen MR) is 126 cm³/mol. The first-order valence-electron chi connectivity index (χ1n) is 10.6. The molecule has 0 unspecified atom stereocenters. The molecule has 3 heteroatoms. The van der Waals surface area contributed by atoms with Gasteiger partial charge in [-0.15, -0.1) is 0 Å². The number of oxazole rings is 1. The summed E-state index contributed by atoms with van der Waals surface area (Å²) in [6.45, 7) is 7.09. The van der Waals surface area contributed by atoms with Crippen LogP contribution < -0.4 is 4.74 Å². The number of hydrogen-bond donors (Lipinski definition) is 0. The zero-order valence-electron chi connectivity index (χ0n) is 18.1. The highest BCUT2D eigenvalue weighted by Crippen LogP contribution is 2.36. The minimum atomic E-state index is 0.0558. The molecule has 0 aliphatic rings. The molecule has 0 saturated heterocycles. The van der Waals surface area contributed by atoms with Gasteiger partial charge in [0.05, 0.1) is 5.56 Å². The van der Waals surface area contributed by atoms with Crippen LogP contribution in [-0.2, 0) is 12.0 Å². The van der Waals surface area contributed by atoms with Crippen LogP contribution in [0.1, 0.15) is 31.9 Å². The Morgan fingerprint density at radius 1 is 0.806 bits per heavy atom. The molecular formula is C28H25NO2. The fourth-order valence-corrected chi connectivity index (χ4v) is 3.75. The Bertz CT molecular complexity index is 1360. The molecule has 4 aromatic carbocycles. The van der Waals surface area contributed by atoms with Crippen LogP contribution in [0.4, 0.5) is 0 Å². The third-order valence-corrected chi connectivity index (χ3v) is 5.57. The summed E-state index contributed by atoms with van der Waals surface area (Å²) in [6.07, 6.45) is 0. The van der Waals surface area contributed by atoms with Crippen LogP contribution in [-0.4, -0.2) is 4.98 Å². The Morgan fingerprint density at radius 3 is 2.26 bits per heavy atom. The van der Waals surface area contributed by atoms with E-state index in [-0.39, 0.29) is 5.41 Å². The lowest BCUT2D eigenvalue weighted by atomic mass is 9.87. The highest BCUT2D eigenvalue weighted by molar-refractivity contribution is 5.90. The summed E-state index contributed by atoms with van der Waals surface area (Å²) in [7, 11) is 0. The Hall–Kier alpha value is -3.59. The second-order valence-corrected chi connectivity index (χ2v) is 8.92. The van der Waals surface area contributed by atoms with Gasteiger partial charge in [-0.1, -0.05) is 81.4 Å². The molecule has 31 heavy (non-hydrogen) atoms. The van der Waals surface area contributed by atoms with E-state index in [0.29, 0.717) is 12.5 Å². The zero-order valence-corrected chi connectivity index (χ0v) is 18.1. The summed E-state index contributed by atoms with van der Waals surface area (Å²) in [5, 5.41) is 2.25. The monoisotopic (exact) mass is 407 g/mol. The maximum absolute atomic E-state index is 6.26. The first kappa shape index (κ1) is 19.4. The third kappa shape index (κ3) is 3.91. The van der Waals surface area contributed by atoms with E-state index in [0.717, 1.165) is 38.7 Å². The Labute approximate surface area is 182 Å². The lowest BCUT2D eigenvalue weighted by molar-refractivity contribution is 0.307. The fraction of sp³-hybridized carbons (Fsp3) is 0.179. The lowest BCUT2D eigenvalue weighted by Gasteiger charge is -2.18. The quantitative estimate of drug-likeness (QED) is 0.309. The SMILES string of the molecule is CC(C)(C)c1ccc2oc(-c3cc4ccccc4cc3OCc3ccccc3)nc2c1. The smallest absolute Gasteiger partial charge is 0.231 e. The summed E-state index contributed by atoms with van der Waals surface area (Å²) >= 11 is 0. The van der Waals surface area contributed by atoms with Crippen LogP contribution in [0.2, 0.25) is 0 Å². The van der Waals surface area contributed by atoms with E-state index >= 15 is 0 Å². The molecule has 3 nitrogen and oxygen atoms in total. The average molecular weight is 408 g/mol. The molecule has 0 N–H and O–H groups in total. The van der Waals surface area contributed by atoms with E-state index < -0.39 is 0 Å². The Kier molecular flexibility index (Phi) is 4.74. The molecule has 5 aromatic rings. The molecule has 0 radical (unpaired) electrons. The molecule has 0 aliphatic heterocycles. The summed E-state index contributed by atoms with van der Waals surface area (Å²) in [5.41, 5.74) is 4.92. The zero-order chi connectivity index (χ0) is 21.4. The molecule has 1 aromatic heterocycles. The molecule has 0 aliphatic carbocycles. The minimum absolute atomic E-state index is 0.0558. The summed E-state index contributed by atoms with van der Waals surface area (Å²) in [4.78, 5) is 4.83. The average Bonchev–Trinajstić information content (AvgIpc) is 3.20. The van der Waals surface area contributed by atoms with Gasteiger partial charge in [0.25, 0.3) is 0 Å². The molecular weight excluding hydrogens is 382 g/mol. The second-order valence-electron chi connectivity index (χ2n) is 8.92. The van der Waals surface area contributed by atoms with Gasteiger partial charge in [-0.25, -0.2) is 4.98 Å². The predicted octanol–water partition coefficient (Wildman–Crippen LogP) is 7.52. The highest BCUT2D eigenvalue weighted by Gasteiger charge is 2.18. The van der Waals surface area contributed by atoms with Gasteiger partial charge < -0.3 is 9.15 Å². The van der Waals surface area contributed by atoms with Gasteiger partial charge in [0.1, 0.15) is 17.9 Å². The largest absolute Gasteiger partial charge is 0.488 e. The van der Waals surface area contributed by atoms with Gasteiger partial charge in [0.2, 0.25) is 5.89 Å². The topological polar surface area (TPSA) is 35.3 Å². The van der Waals surface area contributed by atoms with Gasteiger partial charge in [-0.05, 0) is 51.6 Å². The number of ether oxygens (including phenoxy) is 1. The normalized spacial score (nSPS) is 11.8. The van der Waals surface area contributed by atoms with E-state index in [4.69, 9.17) is 14.1 Å². The van der Waals surface area contributed by atoms with E-state index in [1.54, 1.807) is 0 Å². The maximum Gasteiger partial charge on any atom is 0.231 e. The Balaban J connectivity index is 1.60. The number of aromatic nitrogens is 1. The fourth-order valence-electron chi connectivity index (χ4n) is 3.75. The van der Waals surface area contributed by atoms with Crippen molar-refractivity contribution in [1.29, 1.82) is 0 Å². The van der Waals surface area contributed by atoms with Crippen molar-refractivity contribution >= 4 is 21.9 Å². The molecule has 0 atom stereocenters. The summed E-state index contributed by atoms with van der Waals surface area (Å²) in [5.74, 6) is 1.35. The van der Waals surface area contributed by atoms with Crippen molar-refractivity contribution in [1.82, 2.24) is 4.98 Å². The summed E-state index contributed by atoms with van der Waals surface area (Å²) in [6, 6.07) is 28.9. The van der Waals surface area contributed by atoms with Gasteiger partial charge in [0, 0.05) is 0 Å². The molecule has 0 amide bonds. The Morgan fingerprint density at radius 2 is 1.52 bits per heavy atom. The van der Waals surface area contributed by atoms with Crippen molar-refractivity contribution in [2.45, 2.75) is 32.8 Å². The van der Waals surface area contributed by atoms with E-state index in [1.807, 2.05) is 36.4 Å². The first-order chi connectivity index (χ1) is 15.0. The van der Waals surface area contributed by atoms with Crippen LogP contribution in [0.25, 0.3) is 33.3 Å². The van der Waals surface area contributed by atoms with Crippen LogP contribution in [0.3, 0.4) is 0 Å². The highest BCUT2D eigenvalue weighted by atomic mass is 16.5. The van der Waals surface area contributed by atoms with Crippen molar-refractivity contribution in [3.63, 3.8) is 0 Å². The van der Waals surface area contributed by atoms with Crippen LogP contribution in [0.5, 0.6) is 5.75 Å². The lowest BCUT2D eigenvalue weighted by Crippen LogP contribution is -2.10. The van der Waals surface area contributed by atoms with Gasteiger partial charge in [-0.2, -0.15) is 0 Å². The molecule has 0 spiro atoms. The molecule has 0 saturated carbocycles. The van der Waals surface area contributed by atoms with Gasteiger partial charge in [-0.3, -0.25) is 0 Å². The summed E-state index contributed by atoms with van der Waals surface area (Å²) < 4.78 is 12.4. The number of fused-ring (bicyclic) bond motifs is 2. The number of benzene rings is 4. The van der Waals surface area contributed by atoms with Gasteiger partial charge in [0.15, 0.2) is 5.58 Å². The first-order valence-corrected chi connectivity index (χ1v) is 10.6. The van der Waals surface area contributed by atoms with E-state index in [1.165, 1.54) is 5.56 Å². The number of nitrogens with zero attached hydrogens (tertiary/aromatic N) is 1. The van der Waals surface area contributed by atoms with Crippen LogP contribution in [0, 0.1) is 0 Å².